The van der Waals surface area contributed by atoms with Gasteiger partial charge in [0.2, 0.25) is 0 Å². The van der Waals surface area contributed by atoms with E-state index in [1.165, 1.54) is 5.56 Å². The summed E-state index contributed by atoms with van der Waals surface area (Å²) in [6, 6.07) is 14.5. The van der Waals surface area contributed by atoms with Gasteiger partial charge in [-0.05, 0) is 74.9 Å². The van der Waals surface area contributed by atoms with Crippen LogP contribution in [0.5, 0.6) is 0 Å². The van der Waals surface area contributed by atoms with Crippen molar-refractivity contribution in [3.8, 4) is 6.07 Å². The average Bonchev–Trinajstić information content (AvgIpc) is 2.85. The van der Waals surface area contributed by atoms with E-state index in [9.17, 15) is 31.6 Å². The van der Waals surface area contributed by atoms with E-state index in [0.29, 0.717) is 44.4 Å². The summed E-state index contributed by atoms with van der Waals surface area (Å²) in [4.78, 5) is 2.11. The Bertz CT molecular complexity index is 1020. The highest BCUT2D eigenvalue weighted by Gasteiger charge is 2.46. The van der Waals surface area contributed by atoms with E-state index in [1.54, 1.807) is 0 Å². The van der Waals surface area contributed by atoms with Gasteiger partial charge in [0.15, 0.2) is 0 Å². The summed E-state index contributed by atoms with van der Waals surface area (Å²) in [6.45, 7) is 1.42. The Hall–Kier alpha value is -2.53. The first kappa shape index (κ1) is 28.0. The molecule has 8 heteroatoms. The van der Waals surface area contributed by atoms with Gasteiger partial charge < -0.3 is 4.90 Å². The van der Waals surface area contributed by atoms with E-state index in [1.807, 2.05) is 37.4 Å². The zero-order chi connectivity index (χ0) is 26.4. The number of nitrogens with zero attached hydrogens (tertiary/aromatic N) is 2. The van der Waals surface area contributed by atoms with Crippen LogP contribution in [0.4, 0.5) is 26.3 Å². The minimum atomic E-state index is -5.17. The summed E-state index contributed by atoms with van der Waals surface area (Å²) in [6.07, 6.45) is -4.55. The summed E-state index contributed by atoms with van der Waals surface area (Å²) in [7, 11) is 1.96. The molecule has 1 aliphatic rings. The molecule has 36 heavy (non-hydrogen) atoms. The van der Waals surface area contributed by atoms with Gasteiger partial charge in [-0.15, -0.1) is 0 Å². The first-order valence-electron chi connectivity index (χ1n) is 12.4. The Balaban J connectivity index is 1.85. The van der Waals surface area contributed by atoms with Crippen molar-refractivity contribution in [2.24, 2.45) is 5.92 Å². The Labute approximate surface area is 208 Å². The molecular weight excluding hydrogens is 478 g/mol. The lowest BCUT2D eigenvalue weighted by Gasteiger charge is -2.39. The summed E-state index contributed by atoms with van der Waals surface area (Å²) in [5.74, 6) is -0.191. The lowest BCUT2D eigenvalue weighted by molar-refractivity contribution is -0.162. The monoisotopic (exact) mass is 510 g/mol. The van der Waals surface area contributed by atoms with Gasteiger partial charge in [0.1, 0.15) is 0 Å². The van der Waals surface area contributed by atoms with Crippen LogP contribution in [0.3, 0.4) is 0 Å². The largest absolute Gasteiger partial charge is 0.417 e. The standard InChI is InChI=1S/C28H32F6N2/c1-36(18-15-21-9-4-2-5-10-21)17-8-16-26(20-35,22-11-6-3-7-12-22)23-13-14-24(27(29,30)31)25(19-23)28(32,33)34/h2,4-5,9-10,13-14,19,22H,3,6-8,11-12,15-18H2,1H3. The van der Waals surface area contributed by atoms with E-state index in [0.717, 1.165) is 38.3 Å². The molecule has 0 aliphatic heterocycles. The fraction of sp³-hybridized carbons (Fsp3) is 0.536. The molecule has 2 aromatic rings. The van der Waals surface area contributed by atoms with Gasteiger partial charge in [0, 0.05) is 6.54 Å². The molecule has 0 radical (unpaired) electrons. The van der Waals surface area contributed by atoms with Crippen LogP contribution in [0.15, 0.2) is 48.5 Å². The van der Waals surface area contributed by atoms with Gasteiger partial charge in [-0.25, -0.2) is 0 Å². The molecule has 1 fully saturated rings. The van der Waals surface area contributed by atoms with Crippen molar-refractivity contribution in [1.82, 2.24) is 4.90 Å². The van der Waals surface area contributed by atoms with Crippen LogP contribution in [0.1, 0.15) is 67.2 Å². The highest BCUT2D eigenvalue weighted by molar-refractivity contribution is 5.43. The van der Waals surface area contributed by atoms with Crippen LogP contribution in [0.25, 0.3) is 0 Å². The van der Waals surface area contributed by atoms with Gasteiger partial charge in [-0.3, -0.25) is 0 Å². The molecule has 1 unspecified atom stereocenters. The molecule has 0 bridgehead atoms. The van der Waals surface area contributed by atoms with Crippen LogP contribution in [-0.2, 0) is 24.2 Å². The molecule has 0 amide bonds. The average molecular weight is 511 g/mol. The molecule has 3 rings (SSSR count). The zero-order valence-electron chi connectivity index (χ0n) is 20.4. The minimum absolute atomic E-state index is 0.0455. The normalized spacial score (nSPS) is 17.1. The van der Waals surface area contributed by atoms with Crippen molar-refractivity contribution in [3.05, 3.63) is 70.8 Å². The lowest BCUT2D eigenvalue weighted by atomic mass is 9.63. The number of rotatable bonds is 9. The molecule has 1 aliphatic carbocycles. The Morgan fingerprint density at radius 3 is 2.08 bits per heavy atom. The van der Waals surface area contributed by atoms with E-state index >= 15 is 0 Å². The van der Waals surface area contributed by atoms with Crippen LogP contribution in [-0.4, -0.2) is 25.0 Å². The molecule has 0 heterocycles. The summed E-state index contributed by atoms with van der Waals surface area (Å²) in [5, 5.41) is 10.4. The molecule has 0 N–H and O–H groups in total. The molecule has 1 saturated carbocycles. The second-order valence-corrected chi connectivity index (χ2v) is 9.82. The van der Waals surface area contributed by atoms with Crippen LogP contribution < -0.4 is 0 Å². The van der Waals surface area contributed by atoms with E-state index in [-0.39, 0.29) is 11.5 Å². The fourth-order valence-corrected chi connectivity index (χ4v) is 5.40. The summed E-state index contributed by atoms with van der Waals surface area (Å²) in [5.41, 5.74) is -3.45. The van der Waals surface area contributed by atoms with Crippen LogP contribution in [0.2, 0.25) is 0 Å². The lowest BCUT2D eigenvalue weighted by Crippen LogP contribution is -2.37. The maximum absolute atomic E-state index is 13.7. The number of alkyl halides is 6. The van der Waals surface area contributed by atoms with Crippen molar-refractivity contribution < 1.29 is 26.3 Å². The topological polar surface area (TPSA) is 27.0 Å². The Morgan fingerprint density at radius 2 is 1.50 bits per heavy atom. The molecule has 1 atom stereocenters. The first-order chi connectivity index (χ1) is 17.0. The Morgan fingerprint density at radius 1 is 0.861 bits per heavy atom. The van der Waals surface area contributed by atoms with Gasteiger partial charge >= 0.3 is 12.4 Å². The van der Waals surface area contributed by atoms with E-state index in [2.05, 4.69) is 11.0 Å². The number of nitriles is 1. The summed E-state index contributed by atoms with van der Waals surface area (Å²) >= 11 is 0. The van der Waals surface area contributed by atoms with Crippen molar-refractivity contribution in [1.29, 1.82) is 5.26 Å². The smallest absolute Gasteiger partial charge is 0.306 e. The second-order valence-electron chi connectivity index (χ2n) is 9.82. The van der Waals surface area contributed by atoms with Crippen molar-refractivity contribution in [2.45, 2.75) is 69.1 Å². The van der Waals surface area contributed by atoms with Gasteiger partial charge in [-0.1, -0.05) is 55.7 Å². The number of hydrogen-bond acceptors (Lipinski definition) is 2. The molecule has 2 aromatic carbocycles. The maximum atomic E-state index is 13.7. The minimum Gasteiger partial charge on any atom is -0.306 e. The second kappa shape index (κ2) is 11.7. The Kier molecular flexibility index (Phi) is 9.10. The third kappa shape index (κ3) is 6.82. The highest BCUT2D eigenvalue weighted by Crippen LogP contribution is 2.47. The van der Waals surface area contributed by atoms with Gasteiger partial charge in [0.05, 0.1) is 22.6 Å². The van der Waals surface area contributed by atoms with Crippen molar-refractivity contribution in [3.63, 3.8) is 0 Å². The molecule has 0 spiro atoms. The fourth-order valence-electron chi connectivity index (χ4n) is 5.40. The number of benzene rings is 2. The van der Waals surface area contributed by atoms with E-state index in [4.69, 9.17) is 0 Å². The molecule has 0 aromatic heterocycles. The zero-order valence-corrected chi connectivity index (χ0v) is 20.4. The highest BCUT2D eigenvalue weighted by atomic mass is 19.4. The molecular formula is C28H32F6N2. The number of likely N-dealkylation sites (N-methyl/N-ethyl adjacent to an activating group) is 1. The van der Waals surface area contributed by atoms with Gasteiger partial charge in [0.25, 0.3) is 0 Å². The molecule has 196 valence electrons. The predicted molar refractivity (Wildman–Crippen MR) is 127 cm³/mol. The van der Waals surface area contributed by atoms with Crippen molar-refractivity contribution in [2.75, 3.05) is 20.1 Å². The quantitative estimate of drug-likeness (QED) is 0.320. The van der Waals surface area contributed by atoms with Crippen molar-refractivity contribution >= 4 is 0 Å². The van der Waals surface area contributed by atoms with Crippen LogP contribution in [0, 0.1) is 17.2 Å². The SMILES string of the molecule is CN(CCCC(C#N)(c1ccc(C(F)(F)F)c(C(F)(F)F)c1)C1CCCCC1)CCc1ccccc1. The number of hydrogen-bond donors (Lipinski definition) is 0. The van der Waals surface area contributed by atoms with Gasteiger partial charge in [-0.2, -0.15) is 31.6 Å². The van der Waals surface area contributed by atoms with Crippen LogP contribution >= 0.6 is 0 Å². The third-order valence-electron chi connectivity index (χ3n) is 7.38. The molecule has 0 saturated heterocycles. The first-order valence-corrected chi connectivity index (χ1v) is 12.4. The maximum Gasteiger partial charge on any atom is 0.417 e. The number of halogens is 6. The summed E-state index contributed by atoms with van der Waals surface area (Å²) < 4.78 is 81.1. The molecule has 2 nitrogen and oxygen atoms in total. The predicted octanol–water partition coefficient (Wildman–Crippen LogP) is 8.02. The third-order valence-corrected chi connectivity index (χ3v) is 7.38. The van der Waals surface area contributed by atoms with E-state index < -0.39 is 28.9 Å².